The molecule has 0 amide bonds. The van der Waals surface area contributed by atoms with Crippen molar-refractivity contribution >= 4 is 38.9 Å². The predicted octanol–water partition coefficient (Wildman–Crippen LogP) is 4.37. The fourth-order valence-corrected chi connectivity index (χ4v) is 3.30. The Hall–Kier alpha value is -1.33. The number of anilines is 1. The van der Waals surface area contributed by atoms with Crippen LogP contribution in [0.25, 0.3) is 0 Å². The zero-order valence-electron chi connectivity index (χ0n) is 10.6. The van der Waals surface area contributed by atoms with Gasteiger partial charge in [0.15, 0.2) is 6.04 Å². The van der Waals surface area contributed by atoms with Gasteiger partial charge >= 0.3 is 5.97 Å². The summed E-state index contributed by atoms with van der Waals surface area (Å²) in [5.74, 6) is -0.880. The summed E-state index contributed by atoms with van der Waals surface area (Å²) in [4.78, 5) is 13.3. The van der Waals surface area contributed by atoms with Gasteiger partial charge in [0.2, 0.25) is 0 Å². The molecule has 5 heteroatoms. The van der Waals surface area contributed by atoms with Crippen molar-refractivity contribution in [1.29, 1.82) is 0 Å². The summed E-state index contributed by atoms with van der Waals surface area (Å²) in [6.07, 6.45) is 0. The van der Waals surface area contributed by atoms with Crippen molar-refractivity contribution in [3.8, 4) is 0 Å². The van der Waals surface area contributed by atoms with Crippen molar-refractivity contribution in [1.82, 2.24) is 0 Å². The summed E-state index contributed by atoms with van der Waals surface area (Å²) in [6, 6.07) is 8.83. The number of carboxylic acids is 1. The van der Waals surface area contributed by atoms with Crippen molar-refractivity contribution in [3.05, 3.63) is 50.1 Å². The molecule has 1 atom stereocenters. The first-order valence-electron chi connectivity index (χ1n) is 5.79. The number of nitrogens with one attached hydrogen (secondary N) is 1. The molecule has 1 aromatic heterocycles. The first kappa shape index (κ1) is 14.1. The lowest BCUT2D eigenvalue weighted by Crippen LogP contribution is -2.19. The number of carboxylic acid groups (broad SMARTS) is 1. The molecule has 0 aliphatic carbocycles. The van der Waals surface area contributed by atoms with Gasteiger partial charge in [-0.2, -0.15) is 0 Å². The fraction of sp³-hybridized carbons (Fsp3) is 0.214. The SMILES string of the molecule is Cc1ccc(NC(C(=O)O)c2cc(Br)c(C)s2)cc1. The van der Waals surface area contributed by atoms with Crippen LogP contribution in [0.3, 0.4) is 0 Å². The maximum absolute atomic E-state index is 11.4. The summed E-state index contributed by atoms with van der Waals surface area (Å²) in [7, 11) is 0. The monoisotopic (exact) mass is 339 g/mol. The van der Waals surface area contributed by atoms with Crippen LogP contribution in [0.1, 0.15) is 21.4 Å². The Morgan fingerprint density at radius 2 is 1.95 bits per heavy atom. The molecular weight excluding hydrogens is 326 g/mol. The minimum Gasteiger partial charge on any atom is -0.479 e. The third kappa shape index (κ3) is 3.36. The van der Waals surface area contributed by atoms with E-state index in [4.69, 9.17) is 0 Å². The van der Waals surface area contributed by atoms with E-state index in [9.17, 15) is 9.90 Å². The molecule has 100 valence electrons. The van der Waals surface area contributed by atoms with Gasteiger partial charge in [0.25, 0.3) is 0 Å². The fourth-order valence-electron chi connectivity index (χ4n) is 1.69. The van der Waals surface area contributed by atoms with Gasteiger partial charge in [-0.25, -0.2) is 4.79 Å². The second-order valence-corrected chi connectivity index (χ2v) is 6.48. The quantitative estimate of drug-likeness (QED) is 0.869. The van der Waals surface area contributed by atoms with E-state index in [2.05, 4.69) is 21.2 Å². The van der Waals surface area contributed by atoms with Gasteiger partial charge in [0, 0.05) is 19.9 Å². The van der Waals surface area contributed by atoms with E-state index < -0.39 is 12.0 Å². The van der Waals surface area contributed by atoms with Crippen LogP contribution in [0.5, 0.6) is 0 Å². The van der Waals surface area contributed by atoms with E-state index in [0.29, 0.717) is 0 Å². The molecular formula is C14H14BrNO2S. The molecule has 2 aromatic rings. The van der Waals surface area contributed by atoms with Crippen LogP contribution in [-0.2, 0) is 4.79 Å². The molecule has 0 saturated heterocycles. The normalized spacial score (nSPS) is 12.2. The highest BCUT2D eigenvalue weighted by atomic mass is 79.9. The lowest BCUT2D eigenvalue weighted by atomic mass is 10.2. The number of hydrogen-bond donors (Lipinski definition) is 2. The maximum Gasteiger partial charge on any atom is 0.331 e. The zero-order valence-corrected chi connectivity index (χ0v) is 13.0. The molecule has 0 aliphatic heterocycles. The molecule has 1 unspecified atom stereocenters. The first-order valence-corrected chi connectivity index (χ1v) is 7.40. The van der Waals surface area contributed by atoms with Gasteiger partial charge in [-0.05, 0) is 48.0 Å². The van der Waals surface area contributed by atoms with Crippen LogP contribution in [0.15, 0.2) is 34.8 Å². The molecule has 3 nitrogen and oxygen atoms in total. The average Bonchev–Trinajstić information content (AvgIpc) is 2.68. The number of benzene rings is 1. The van der Waals surface area contributed by atoms with E-state index in [1.165, 1.54) is 11.3 Å². The van der Waals surface area contributed by atoms with Crippen LogP contribution in [0.4, 0.5) is 5.69 Å². The van der Waals surface area contributed by atoms with Gasteiger partial charge in [-0.3, -0.25) is 0 Å². The summed E-state index contributed by atoms with van der Waals surface area (Å²) >= 11 is 4.90. The Morgan fingerprint density at radius 1 is 1.32 bits per heavy atom. The highest BCUT2D eigenvalue weighted by molar-refractivity contribution is 9.10. The van der Waals surface area contributed by atoms with Gasteiger partial charge in [-0.15, -0.1) is 11.3 Å². The Morgan fingerprint density at radius 3 is 2.42 bits per heavy atom. The van der Waals surface area contributed by atoms with E-state index in [1.54, 1.807) is 0 Å². The minimum atomic E-state index is -0.880. The molecule has 1 heterocycles. The van der Waals surface area contributed by atoms with E-state index in [1.807, 2.05) is 44.2 Å². The number of aryl methyl sites for hydroxylation is 2. The molecule has 0 spiro atoms. The van der Waals surface area contributed by atoms with Crippen molar-refractivity contribution in [2.24, 2.45) is 0 Å². The van der Waals surface area contributed by atoms with Crippen LogP contribution in [0, 0.1) is 13.8 Å². The van der Waals surface area contributed by atoms with Crippen LogP contribution in [-0.4, -0.2) is 11.1 Å². The molecule has 1 aromatic carbocycles. The lowest BCUT2D eigenvalue weighted by Gasteiger charge is -2.14. The van der Waals surface area contributed by atoms with Gasteiger partial charge < -0.3 is 10.4 Å². The third-order valence-electron chi connectivity index (χ3n) is 2.77. The molecule has 19 heavy (non-hydrogen) atoms. The van der Waals surface area contributed by atoms with Crippen molar-refractivity contribution < 1.29 is 9.90 Å². The van der Waals surface area contributed by atoms with E-state index >= 15 is 0 Å². The molecule has 0 saturated carbocycles. The predicted molar refractivity (Wildman–Crippen MR) is 81.9 cm³/mol. The zero-order chi connectivity index (χ0) is 14.0. The Bertz CT molecular complexity index is 572. The minimum absolute atomic E-state index is 0.724. The first-order chi connectivity index (χ1) is 8.97. The van der Waals surface area contributed by atoms with Gasteiger partial charge in [0.1, 0.15) is 0 Å². The van der Waals surface area contributed by atoms with Crippen molar-refractivity contribution in [3.63, 3.8) is 0 Å². The van der Waals surface area contributed by atoms with Gasteiger partial charge in [-0.1, -0.05) is 17.7 Å². The molecule has 0 fully saturated rings. The second-order valence-electron chi connectivity index (χ2n) is 4.33. The highest BCUT2D eigenvalue weighted by Crippen LogP contribution is 2.32. The van der Waals surface area contributed by atoms with Crippen molar-refractivity contribution in [2.75, 3.05) is 5.32 Å². The van der Waals surface area contributed by atoms with Gasteiger partial charge in [0.05, 0.1) is 0 Å². The Labute approximate surface area is 124 Å². The Kier molecular flexibility index (Phi) is 4.27. The second kappa shape index (κ2) is 5.75. The summed E-state index contributed by atoms with van der Waals surface area (Å²) < 4.78 is 0.949. The topological polar surface area (TPSA) is 49.3 Å². The van der Waals surface area contributed by atoms with E-state index in [-0.39, 0.29) is 0 Å². The molecule has 2 rings (SSSR count). The van der Waals surface area contributed by atoms with E-state index in [0.717, 1.165) is 25.5 Å². The Balaban J connectivity index is 2.26. The average molecular weight is 340 g/mol. The standard InChI is InChI=1S/C14H14BrNO2S/c1-8-3-5-10(6-4-8)16-13(14(17)18)12-7-11(15)9(2)19-12/h3-7,13,16H,1-2H3,(H,17,18). The number of thiophene rings is 1. The largest absolute Gasteiger partial charge is 0.479 e. The van der Waals surface area contributed by atoms with Crippen LogP contribution in [0.2, 0.25) is 0 Å². The summed E-state index contributed by atoms with van der Waals surface area (Å²) in [5, 5.41) is 12.4. The summed E-state index contributed by atoms with van der Waals surface area (Å²) in [5.41, 5.74) is 1.95. The van der Waals surface area contributed by atoms with Crippen LogP contribution >= 0.6 is 27.3 Å². The molecule has 0 radical (unpaired) electrons. The number of hydrogen-bond acceptors (Lipinski definition) is 3. The number of aliphatic carboxylic acids is 1. The third-order valence-corrected chi connectivity index (χ3v) is 4.97. The molecule has 0 aliphatic rings. The summed E-state index contributed by atoms with van der Waals surface area (Å²) in [6.45, 7) is 3.96. The van der Waals surface area contributed by atoms with Crippen LogP contribution < -0.4 is 5.32 Å². The lowest BCUT2D eigenvalue weighted by molar-refractivity contribution is -0.138. The van der Waals surface area contributed by atoms with Crippen molar-refractivity contribution in [2.45, 2.75) is 19.9 Å². The highest BCUT2D eigenvalue weighted by Gasteiger charge is 2.22. The molecule has 2 N–H and O–H groups in total. The number of halogens is 1. The maximum atomic E-state index is 11.4. The number of rotatable bonds is 4. The molecule has 0 bridgehead atoms. The number of carbonyl (C=O) groups is 1. The smallest absolute Gasteiger partial charge is 0.331 e.